The molecule has 0 amide bonds. The van der Waals surface area contributed by atoms with E-state index in [0.29, 0.717) is 35.1 Å². The zero-order valence-corrected chi connectivity index (χ0v) is 17.4. The number of anilines is 1. The Kier molecular flexibility index (Phi) is 5.69. The summed E-state index contributed by atoms with van der Waals surface area (Å²) in [5.41, 5.74) is 9.76. The van der Waals surface area contributed by atoms with Crippen molar-refractivity contribution in [1.29, 1.82) is 0 Å². The second-order valence-electron chi connectivity index (χ2n) is 8.09. The Morgan fingerprint density at radius 3 is 2.45 bits per heavy atom. The van der Waals surface area contributed by atoms with E-state index in [1.807, 2.05) is 28.8 Å². The maximum Gasteiger partial charge on any atom is 0.344 e. The van der Waals surface area contributed by atoms with Crippen molar-refractivity contribution in [3.05, 3.63) is 29.8 Å². The van der Waals surface area contributed by atoms with Crippen LogP contribution in [0.5, 0.6) is 0 Å². The molecule has 1 aromatic carbocycles. The molecule has 6 nitrogen and oxygen atoms in total. The molecule has 1 saturated carbocycles. The van der Waals surface area contributed by atoms with Crippen LogP contribution >= 0.6 is 0 Å². The smallest absolute Gasteiger partial charge is 0.344 e. The molecular formula is C23H30N4O2. The van der Waals surface area contributed by atoms with Crippen LogP contribution in [0.15, 0.2) is 24.3 Å². The monoisotopic (exact) mass is 394 g/mol. The summed E-state index contributed by atoms with van der Waals surface area (Å²) in [5, 5.41) is 0. The fourth-order valence-corrected chi connectivity index (χ4v) is 4.38. The zero-order valence-electron chi connectivity index (χ0n) is 17.4. The number of ether oxygens (including phenoxy) is 1. The quantitative estimate of drug-likeness (QED) is 0.576. The van der Waals surface area contributed by atoms with E-state index < -0.39 is 5.97 Å². The van der Waals surface area contributed by atoms with Crippen molar-refractivity contribution in [3.8, 4) is 0 Å². The van der Waals surface area contributed by atoms with Gasteiger partial charge in [-0.3, -0.25) is 0 Å². The first-order chi connectivity index (χ1) is 14.1. The number of benzene rings is 1. The number of hydrogen-bond donors (Lipinski definition) is 1. The first-order valence-corrected chi connectivity index (χ1v) is 10.9. The molecule has 1 aliphatic rings. The number of nitrogens with two attached hydrogens (primary N) is 1. The largest absolute Gasteiger partial charge is 0.462 e. The topological polar surface area (TPSA) is 83.0 Å². The Balaban J connectivity index is 1.82. The molecule has 0 saturated heterocycles. The molecule has 0 unspecified atom stereocenters. The van der Waals surface area contributed by atoms with Gasteiger partial charge in [0.1, 0.15) is 16.9 Å². The number of aromatic nitrogens is 3. The molecule has 0 bridgehead atoms. The molecule has 4 rings (SSSR count). The third kappa shape index (κ3) is 3.68. The molecule has 0 aliphatic heterocycles. The summed E-state index contributed by atoms with van der Waals surface area (Å²) < 4.78 is 7.72. The van der Waals surface area contributed by atoms with Crippen molar-refractivity contribution in [3.63, 3.8) is 0 Å². The van der Waals surface area contributed by atoms with E-state index >= 15 is 0 Å². The van der Waals surface area contributed by atoms with E-state index in [4.69, 9.17) is 20.4 Å². The molecule has 29 heavy (non-hydrogen) atoms. The summed E-state index contributed by atoms with van der Waals surface area (Å²) in [7, 11) is 0. The van der Waals surface area contributed by atoms with E-state index in [0.717, 1.165) is 36.7 Å². The zero-order chi connectivity index (χ0) is 20.4. The molecule has 0 atom stereocenters. The van der Waals surface area contributed by atoms with Gasteiger partial charge in [-0.2, -0.15) is 0 Å². The Morgan fingerprint density at radius 2 is 1.79 bits per heavy atom. The molecule has 3 aromatic rings. The van der Waals surface area contributed by atoms with Gasteiger partial charge in [-0.05, 0) is 30.9 Å². The molecule has 0 spiro atoms. The lowest BCUT2D eigenvalue weighted by atomic mass is 9.95. The number of carbonyl (C=O) groups is 1. The summed E-state index contributed by atoms with van der Waals surface area (Å²) in [5.74, 6) is 0.411. The third-order valence-corrected chi connectivity index (χ3v) is 6.28. The molecule has 1 fully saturated rings. The summed E-state index contributed by atoms with van der Waals surface area (Å²) in [6.07, 6.45) is 7.63. The summed E-state index contributed by atoms with van der Waals surface area (Å²) in [4.78, 5) is 22.7. The average molecular weight is 395 g/mol. The fourth-order valence-electron chi connectivity index (χ4n) is 4.38. The van der Waals surface area contributed by atoms with E-state index in [9.17, 15) is 4.79 Å². The Bertz CT molecular complexity index is 1020. The van der Waals surface area contributed by atoms with Crippen molar-refractivity contribution in [2.45, 2.75) is 64.8 Å². The molecule has 6 heteroatoms. The van der Waals surface area contributed by atoms with Gasteiger partial charge in [0.2, 0.25) is 0 Å². The minimum Gasteiger partial charge on any atom is -0.462 e. The van der Waals surface area contributed by atoms with Crippen LogP contribution < -0.4 is 5.73 Å². The van der Waals surface area contributed by atoms with Crippen molar-refractivity contribution in [1.82, 2.24) is 14.5 Å². The second-order valence-corrected chi connectivity index (χ2v) is 8.09. The Labute approximate surface area is 171 Å². The molecule has 0 radical (unpaired) electrons. The van der Waals surface area contributed by atoms with Crippen LogP contribution in [0.25, 0.3) is 22.2 Å². The van der Waals surface area contributed by atoms with Gasteiger partial charge in [-0.1, -0.05) is 58.1 Å². The minimum atomic E-state index is -0.390. The standard InChI is InChI=1S/C23H30N4O2/c1-3-15(4-2)14-29-23(28)19-20-22(26-18-13-9-8-12-17(18)25-20)27(21(19)24)16-10-6-5-7-11-16/h8-9,12-13,15-16H,3-7,10-11,14,24H2,1-2H3. The number of nitrogen functional groups attached to an aromatic ring is 1. The van der Waals surface area contributed by atoms with Gasteiger partial charge in [-0.25, -0.2) is 14.8 Å². The number of esters is 1. The predicted octanol–water partition coefficient (Wildman–Crippen LogP) is 5.26. The van der Waals surface area contributed by atoms with Crippen LogP contribution in [0.3, 0.4) is 0 Å². The number of nitrogens with zero attached hydrogens (tertiary/aromatic N) is 3. The van der Waals surface area contributed by atoms with Crippen molar-refractivity contribution in [2.75, 3.05) is 12.3 Å². The van der Waals surface area contributed by atoms with Crippen LogP contribution in [-0.4, -0.2) is 27.1 Å². The highest BCUT2D eigenvalue weighted by Crippen LogP contribution is 2.37. The second kappa shape index (κ2) is 8.39. The lowest BCUT2D eigenvalue weighted by Crippen LogP contribution is -2.17. The Morgan fingerprint density at radius 1 is 1.14 bits per heavy atom. The van der Waals surface area contributed by atoms with Gasteiger partial charge in [0.15, 0.2) is 5.65 Å². The highest BCUT2D eigenvalue weighted by molar-refractivity contribution is 6.08. The third-order valence-electron chi connectivity index (χ3n) is 6.28. The molecule has 2 N–H and O–H groups in total. The number of rotatable bonds is 6. The molecule has 154 valence electrons. The Hall–Kier alpha value is -2.63. The van der Waals surface area contributed by atoms with Gasteiger partial charge in [0.25, 0.3) is 0 Å². The van der Waals surface area contributed by atoms with E-state index in [-0.39, 0.29) is 6.04 Å². The number of para-hydroxylation sites is 2. The van der Waals surface area contributed by atoms with E-state index in [1.54, 1.807) is 0 Å². The lowest BCUT2D eigenvalue weighted by Gasteiger charge is -2.25. The van der Waals surface area contributed by atoms with Crippen molar-refractivity contribution in [2.24, 2.45) is 5.92 Å². The average Bonchev–Trinajstić information content (AvgIpc) is 3.04. The fraction of sp³-hybridized carbons (Fsp3) is 0.522. The maximum absolute atomic E-state index is 13.1. The van der Waals surface area contributed by atoms with Gasteiger partial charge < -0.3 is 15.0 Å². The van der Waals surface area contributed by atoms with Crippen LogP contribution in [0, 0.1) is 5.92 Å². The predicted molar refractivity (Wildman–Crippen MR) is 116 cm³/mol. The van der Waals surface area contributed by atoms with Gasteiger partial charge in [0.05, 0.1) is 17.6 Å². The molecule has 2 aromatic heterocycles. The highest BCUT2D eigenvalue weighted by Gasteiger charge is 2.29. The normalized spacial score (nSPS) is 15.4. The molecule has 2 heterocycles. The summed E-state index contributed by atoms with van der Waals surface area (Å²) in [6, 6.07) is 7.99. The lowest BCUT2D eigenvalue weighted by molar-refractivity contribution is 0.0436. The van der Waals surface area contributed by atoms with Crippen LogP contribution in [0.1, 0.15) is 75.2 Å². The molecule has 1 aliphatic carbocycles. The molecular weight excluding hydrogens is 364 g/mol. The summed E-state index contributed by atoms with van der Waals surface area (Å²) in [6.45, 7) is 4.63. The van der Waals surface area contributed by atoms with Crippen LogP contribution in [0.4, 0.5) is 5.82 Å². The summed E-state index contributed by atoms with van der Waals surface area (Å²) >= 11 is 0. The van der Waals surface area contributed by atoms with Gasteiger partial charge in [0, 0.05) is 6.04 Å². The van der Waals surface area contributed by atoms with E-state index in [1.165, 1.54) is 19.3 Å². The SMILES string of the molecule is CCC(CC)COC(=O)c1c(N)n(C2CCCCC2)c2nc3ccccc3nc12. The van der Waals surface area contributed by atoms with Gasteiger partial charge >= 0.3 is 5.97 Å². The number of fused-ring (bicyclic) bond motifs is 2. The maximum atomic E-state index is 13.1. The van der Waals surface area contributed by atoms with Crippen molar-refractivity contribution >= 4 is 34.0 Å². The van der Waals surface area contributed by atoms with Crippen molar-refractivity contribution < 1.29 is 9.53 Å². The van der Waals surface area contributed by atoms with Crippen LogP contribution in [0.2, 0.25) is 0 Å². The van der Waals surface area contributed by atoms with Crippen LogP contribution in [-0.2, 0) is 4.74 Å². The van der Waals surface area contributed by atoms with E-state index in [2.05, 4.69) is 13.8 Å². The first kappa shape index (κ1) is 19.7. The number of carbonyl (C=O) groups excluding carboxylic acids is 1. The minimum absolute atomic E-state index is 0.252. The van der Waals surface area contributed by atoms with Gasteiger partial charge in [-0.15, -0.1) is 0 Å². The number of hydrogen-bond acceptors (Lipinski definition) is 5. The first-order valence-electron chi connectivity index (χ1n) is 10.9. The highest BCUT2D eigenvalue weighted by atomic mass is 16.5.